The Morgan fingerprint density at radius 1 is 1.21 bits per heavy atom. The Morgan fingerprint density at radius 2 is 1.79 bits per heavy atom. The van der Waals surface area contributed by atoms with Gasteiger partial charge in [0.25, 0.3) is 0 Å². The molecule has 8 heteroatoms. The Labute approximate surface area is 176 Å². The zero-order chi connectivity index (χ0) is 21.9. The van der Waals surface area contributed by atoms with Crippen LogP contribution in [-0.2, 0) is 9.59 Å². The molecular formula is C21H28ClN3O4. The highest BCUT2D eigenvalue weighted by Crippen LogP contribution is 2.35. The van der Waals surface area contributed by atoms with Crippen molar-refractivity contribution in [3.63, 3.8) is 0 Å². The largest absolute Gasteiger partial charge is 0.481 e. The standard InChI is InChI=1S/C21H28ClN3O4/c1-12(2)23-20(29)24-17(21(3,4)5)18(26)25-10-15(16(11-25)19(27)28)13-6-8-14(22)9-7-13/h6-9,15-17H,1,10-11H2,2-5H3,(H,27,28)(H2,23,24,29)/t15-,16+,17+/m0/s1. The Morgan fingerprint density at radius 3 is 2.28 bits per heavy atom. The Kier molecular flexibility index (Phi) is 6.95. The monoisotopic (exact) mass is 421 g/mol. The molecule has 1 aliphatic heterocycles. The molecule has 3 amide bonds. The van der Waals surface area contributed by atoms with Crippen LogP contribution in [0.2, 0.25) is 5.02 Å². The number of amides is 3. The van der Waals surface area contributed by atoms with Gasteiger partial charge in [0.05, 0.1) is 5.92 Å². The number of hydrogen-bond acceptors (Lipinski definition) is 3. The van der Waals surface area contributed by atoms with Gasteiger partial charge in [-0.1, -0.05) is 51.1 Å². The summed E-state index contributed by atoms with van der Waals surface area (Å²) in [4.78, 5) is 38.8. The number of urea groups is 1. The van der Waals surface area contributed by atoms with E-state index in [1.54, 1.807) is 31.2 Å². The molecule has 3 atom stereocenters. The molecule has 158 valence electrons. The second-order valence-corrected chi connectivity index (χ2v) is 8.96. The molecule has 0 spiro atoms. The van der Waals surface area contributed by atoms with Crippen LogP contribution in [0.4, 0.5) is 4.79 Å². The van der Waals surface area contributed by atoms with Gasteiger partial charge >= 0.3 is 12.0 Å². The van der Waals surface area contributed by atoms with E-state index in [-0.39, 0.29) is 24.9 Å². The molecule has 3 N–H and O–H groups in total. The number of halogens is 1. The van der Waals surface area contributed by atoms with E-state index in [1.165, 1.54) is 4.90 Å². The first-order valence-corrected chi connectivity index (χ1v) is 9.78. The summed E-state index contributed by atoms with van der Waals surface area (Å²) in [5, 5.41) is 15.5. The molecule has 1 fully saturated rings. The molecule has 0 saturated carbocycles. The van der Waals surface area contributed by atoms with E-state index in [9.17, 15) is 19.5 Å². The first-order chi connectivity index (χ1) is 13.4. The average Bonchev–Trinajstić information content (AvgIpc) is 3.04. The summed E-state index contributed by atoms with van der Waals surface area (Å²) < 4.78 is 0. The third kappa shape index (κ3) is 5.73. The summed E-state index contributed by atoms with van der Waals surface area (Å²) in [6.45, 7) is 11.1. The first kappa shape index (κ1) is 22.7. The smallest absolute Gasteiger partial charge is 0.319 e. The topological polar surface area (TPSA) is 98.7 Å². The van der Waals surface area contributed by atoms with Crippen LogP contribution in [0.25, 0.3) is 0 Å². The molecular weight excluding hydrogens is 394 g/mol. The predicted molar refractivity (Wildman–Crippen MR) is 112 cm³/mol. The van der Waals surface area contributed by atoms with Crippen LogP contribution in [0.15, 0.2) is 36.5 Å². The minimum Gasteiger partial charge on any atom is -0.481 e. The van der Waals surface area contributed by atoms with E-state index in [0.717, 1.165) is 5.56 Å². The van der Waals surface area contributed by atoms with Gasteiger partial charge in [0.2, 0.25) is 5.91 Å². The van der Waals surface area contributed by atoms with E-state index in [2.05, 4.69) is 17.2 Å². The lowest BCUT2D eigenvalue weighted by molar-refractivity contribution is -0.142. The number of allylic oxidation sites excluding steroid dienone is 1. The number of carbonyl (C=O) groups excluding carboxylic acids is 2. The van der Waals surface area contributed by atoms with Crippen LogP contribution in [0.1, 0.15) is 39.2 Å². The fourth-order valence-corrected chi connectivity index (χ4v) is 3.60. The number of likely N-dealkylation sites (tertiary alicyclic amines) is 1. The van der Waals surface area contributed by atoms with E-state index >= 15 is 0 Å². The second-order valence-electron chi connectivity index (χ2n) is 8.52. The van der Waals surface area contributed by atoms with E-state index in [0.29, 0.717) is 10.7 Å². The summed E-state index contributed by atoms with van der Waals surface area (Å²) in [6.07, 6.45) is 0. The second kappa shape index (κ2) is 8.86. The normalized spacial score (nSPS) is 20.1. The maximum absolute atomic E-state index is 13.3. The predicted octanol–water partition coefficient (Wildman–Crippen LogP) is 3.21. The SMILES string of the molecule is C=C(C)NC(=O)N[C@H](C(=O)N1C[C@@H](C(=O)O)[C@H](c2ccc(Cl)cc2)C1)C(C)(C)C. The zero-order valence-electron chi connectivity index (χ0n) is 17.2. The van der Waals surface area contributed by atoms with E-state index in [1.807, 2.05) is 20.8 Å². The number of benzene rings is 1. The fraction of sp³-hybridized carbons (Fsp3) is 0.476. The molecule has 29 heavy (non-hydrogen) atoms. The van der Waals surface area contributed by atoms with Crippen molar-refractivity contribution < 1.29 is 19.5 Å². The lowest BCUT2D eigenvalue weighted by Crippen LogP contribution is -2.56. The molecule has 7 nitrogen and oxygen atoms in total. The highest BCUT2D eigenvalue weighted by Gasteiger charge is 2.44. The third-order valence-corrected chi connectivity index (χ3v) is 5.21. The number of nitrogens with one attached hydrogen (secondary N) is 2. The van der Waals surface area contributed by atoms with Crippen molar-refractivity contribution in [3.8, 4) is 0 Å². The van der Waals surface area contributed by atoms with Gasteiger partial charge in [-0.15, -0.1) is 0 Å². The molecule has 1 aromatic carbocycles. The first-order valence-electron chi connectivity index (χ1n) is 9.40. The molecule has 2 rings (SSSR count). The fourth-order valence-electron chi connectivity index (χ4n) is 3.47. The van der Waals surface area contributed by atoms with E-state index < -0.39 is 29.4 Å². The molecule has 0 aromatic heterocycles. The zero-order valence-corrected chi connectivity index (χ0v) is 17.9. The molecule has 1 aliphatic rings. The van der Waals surface area contributed by atoms with Gasteiger partial charge in [0, 0.05) is 29.7 Å². The number of hydrogen-bond donors (Lipinski definition) is 3. The Bertz CT molecular complexity index is 801. The van der Waals surface area contributed by atoms with Crippen LogP contribution in [0, 0.1) is 11.3 Å². The molecule has 0 aliphatic carbocycles. The maximum atomic E-state index is 13.3. The minimum absolute atomic E-state index is 0.0812. The maximum Gasteiger partial charge on any atom is 0.319 e. The van der Waals surface area contributed by atoms with Crippen molar-refractivity contribution in [2.45, 2.75) is 39.7 Å². The van der Waals surface area contributed by atoms with Crippen molar-refractivity contribution in [1.29, 1.82) is 0 Å². The van der Waals surface area contributed by atoms with Gasteiger partial charge < -0.3 is 20.6 Å². The van der Waals surface area contributed by atoms with Crippen molar-refractivity contribution >= 4 is 29.5 Å². The summed E-state index contributed by atoms with van der Waals surface area (Å²) in [5.74, 6) is -2.35. The van der Waals surface area contributed by atoms with Crippen molar-refractivity contribution in [1.82, 2.24) is 15.5 Å². The highest BCUT2D eigenvalue weighted by atomic mass is 35.5. The van der Waals surface area contributed by atoms with Gasteiger partial charge in [-0.2, -0.15) is 0 Å². The summed E-state index contributed by atoms with van der Waals surface area (Å²) >= 11 is 5.94. The molecule has 1 saturated heterocycles. The number of nitrogens with zero attached hydrogens (tertiary/aromatic N) is 1. The number of carboxylic acids is 1. The van der Waals surface area contributed by atoms with Crippen molar-refractivity contribution in [3.05, 3.63) is 47.1 Å². The van der Waals surface area contributed by atoms with Gasteiger partial charge in [-0.25, -0.2) is 4.79 Å². The van der Waals surface area contributed by atoms with Gasteiger partial charge in [-0.3, -0.25) is 9.59 Å². The van der Waals surface area contributed by atoms with Crippen LogP contribution < -0.4 is 10.6 Å². The van der Waals surface area contributed by atoms with Crippen LogP contribution in [0.5, 0.6) is 0 Å². The Balaban J connectivity index is 2.25. The van der Waals surface area contributed by atoms with Gasteiger partial charge in [0.1, 0.15) is 6.04 Å². The number of carboxylic acid groups (broad SMARTS) is 1. The Hall–Kier alpha value is -2.54. The molecule has 1 heterocycles. The molecule has 0 unspecified atom stereocenters. The lowest BCUT2D eigenvalue weighted by Gasteiger charge is -2.33. The van der Waals surface area contributed by atoms with E-state index in [4.69, 9.17) is 11.6 Å². The summed E-state index contributed by atoms with van der Waals surface area (Å²) in [7, 11) is 0. The highest BCUT2D eigenvalue weighted by molar-refractivity contribution is 6.30. The van der Waals surface area contributed by atoms with Gasteiger partial charge in [0.15, 0.2) is 0 Å². The number of rotatable bonds is 5. The lowest BCUT2D eigenvalue weighted by atomic mass is 9.86. The van der Waals surface area contributed by atoms with Crippen molar-refractivity contribution in [2.75, 3.05) is 13.1 Å². The quantitative estimate of drug-likeness (QED) is 0.679. The van der Waals surface area contributed by atoms with Crippen molar-refractivity contribution in [2.24, 2.45) is 11.3 Å². The molecule has 0 radical (unpaired) electrons. The minimum atomic E-state index is -0.958. The third-order valence-electron chi connectivity index (χ3n) is 4.96. The average molecular weight is 422 g/mol. The number of carbonyl (C=O) groups is 3. The van der Waals surface area contributed by atoms with Crippen LogP contribution in [0.3, 0.4) is 0 Å². The van der Waals surface area contributed by atoms with Crippen LogP contribution >= 0.6 is 11.6 Å². The number of aliphatic carboxylic acids is 1. The van der Waals surface area contributed by atoms with Gasteiger partial charge in [-0.05, 0) is 30.0 Å². The van der Waals surface area contributed by atoms with Crippen LogP contribution in [-0.4, -0.2) is 47.0 Å². The summed E-state index contributed by atoms with van der Waals surface area (Å²) in [5.41, 5.74) is 0.704. The molecule has 1 aromatic rings. The summed E-state index contributed by atoms with van der Waals surface area (Å²) in [6, 6.07) is 5.66. The molecule has 0 bridgehead atoms.